The average Bonchev–Trinajstić information content (AvgIpc) is 2.91. The van der Waals surface area contributed by atoms with Gasteiger partial charge in [-0.3, -0.25) is 20.4 Å². The van der Waals surface area contributed by atoms with Gasteiger partial charge >= 0.3 is 5.91 Å². The minimum atomic E-state index is -0.554. The second kappa shape index (κ2) is 6.77. The average molecular weight is 418 g/mol. The van der Waals surface area contributed by atoms with Crippen LogP contribution >= 0.6 is 31.9 Å². The largest absolute Gasteiger partial charge is 0.496 e. The lowest BCUT2D eigenvalue weighted by Gasteiger charge is -2.08. The molecule has 2 amide bonds. The minimum absolute atomic E-state index is 0.0816. The number of halogens is 2. The van der Waals surface area contributed by atoms with Crippen LogP contribution in [0.2, 0.25) is 0 Å². The molecule has 0 aliphatic heterocycles. The highest BCUT2D eigenvalue weighted by atomic mass is 79.9. The fourth-order valence-corrected chi connectivity index (χ4v) is 2.34. The van der Waals surface area contributed by atoms with Gasteiger partial charge in [0.05, 0.1) is 11.6 Å². The Kier molecular flexibility index (Phi) is 5.03. The van der Waals surface area contributed by atoms with Gasteiger partial charge in [0.2, 0.25) is 0 Å². The highest BCUT2D eigenvalue weighted by Crippen LogP contribution is 2.25. The van der Waals surface area contributed by atoms with Crippen molar-refractivity contribution in [1.82, 2.24) is 10.9 Å². The van der Waals surface area contributed by atoms with Crippen molar-refractivity contribution in [2.45, 2.75) is 0 Å². The first-order valence-electron chi connectivity index (χ1n) is 5.71. The summed E-state index contributed by atoms with van der Waals surface area (Å²) < 4.78 is 11.2. The van der Waals surface area contributed by atoms with Crippen LogP contribution in [0.15, 0.2) is 43.9 Å². The zero-order chi connectivity index (χ0) is 15.4. The lowest BCUT2D eigenvalue weighted by Crippen LogP contribution is -2.41. The summed E-state index contributed by atoms with van der Waals surface area (Å²) in [7, 11) is 1.53. The number of hydrogen-bond donors (Lipinski definition) is 2. The number of nitrogens with one attached hydrogen (secondary N) is 2. The van der Waals surface area contributed by atoms with Crippen molar-refractivity contribution in [3.05, 3.63) is 50.8 Å². The maximum Gasteiger partial charge on any atom is 0.305 e. The lowest BCUT2D eigenvalue weighted by atomic mass is 10.2. The molecule has 8 heteroatoms. The summed E-state index contributed by atoms with van der Waals surface area (Å²) in [6.07, 6.45) is 0. The Bertz CT molecular complexity index is 685. The molecule has 0 spiro atoms. The van der Waals surface area contributed by atoms with Crippen molar-refractivity contribution in [2.24, 2.45) is 0 Å². The van der Waals surface area contributed by atoms with Crippen molar-refractivity contribution >= 4 is 43.7 Å². The molecule has 1 aromatic heterocycles. The Morgan fingerprint density at radius 2 is 1.81 bits per heavy atom. The Labute approximate surface area is 137 Å². The standard InChI is InChI=1S/C13H10Br2N2O4/c1-20-9-3-2-7(6-8(9)14)12(18)16-17-13(19)10-4-5-11(15)21-10/h2-6H,1H3,(H,16,18)(H,17,19). The predicted molar refractivity (Wildman–Crippen MR) is 82.0 cm³/mol. The van der Waals surface area contributed by atoms with E-state index in [0.29, 0.717) is 20.5 Å². The second-order valence-corrected chi connectivity index (χ2v) is 5.50. The highest BCUT2D eigenvalue weighted by molar-refractivity contribution is 9.10. The first-order chi connectivity index (χ1) is 10.0. The van der Waals surface area contributed by atoms with Gasteiger partial charge in [-0.25, -0.2) is 0 Å². The number of furan rings is 1. The quantitative estimate of drug-likeness (QED) is 0.752. The monoisotopic (exact) mass is 416 g/mol. The Morgan fingerprint density at radius 3 is 2.38 bits per heavy atom. The summed E-state index contributed by atoms with van der Waals surface area (Å²) in [5.74, 6) is -0.326. The summed E-state index contributed by atoms with van der Waals surface area (Å²) in [4.78, 5) is 23.6. The van der Waals surface area contributed by atoms with Crippen LogP contribution in [0, 0.1) is 0 Å². The van der Waals surface area contributed by atoms with E-state index in [4.69, 9.17) is 9.15 Å². The summed E-state index contributed by atoms with van der Waals surface area (Å²) >= 11 is 6.37. The van der Waals surface area contributed by atoms with Crippen LogP contribution in [0.25, 0.3) is 0 Å². The molecule has 2 N–H and O–H groups in total. The van der Waals surface area contributed by atoms with Crippen LogP contribution in [-0.2, 0) is 0 Å². The van der Waals surface area contributed by atoms with Crippen molar-refractivity contribution in [3.8, 4) is 5.75 Å². The Hall–Kier alpha value is -1.80. The van der Waals surface area contributed by atoms with Crippen LogP contribution in [0.4, 0.5) is 0 Å². The number of carbonyl (C=O) groups is 2. The normalized spacial score (nSPS) is 10.0. The predicted octanol–water partition coefficient (Wildman–Crippen LogP) is 2.89. The molecule has 2 rings (SSSR count). The maximum atomic E-state index is 11.9. The number of amides is 2. The topological polar surface area (TPSA) is 80.6 Å². The molecule has 0 unspecified atom stereocenters. The van der Waals surface area contributed by atoms with E-state index in [-0.39, 0.29) is 5.76 Å². The second-order valence-electron chi connectivity index (χ2n) is 3.86. The Balaban J connectivity index is 1.98. The maximum absolute atomic E-state index is 11.9. The van der Waals surface area contributed by atoms with Gasteiger partial charge in [-0.1, -0.05) is 0 Å². The fourth-order valence-electron chi connectivity index (χ4n) is 1.49. The van der Waals surface area contributed by atoms with E-state index in [0.717, 1.165) is 0 Å². The summed E-state index contributed by atoms with van der Waals surface area (Å²) in [6.45, 7) is 0. The third kappa shape index (κ3) is 3.85. The zero-order valence-electron chi connectivity index (χ0n) is 10.8. The number of carbonyl (C=O) groups excluding carboxylic acids is 2. The first kappa shape index (κ1) is 15.6. The number of methoxy groups -OCH3 is 1. The van der Waals surface area contributed by atoms with Crippen molar-refractivity contribution < 1.29 is 18.7 Å². The van der Waals surface area contributed by atoms with Crippen LogP contribution in [0.3, 0.4) is 0 Å². The fraction of sp³-hybridized carbons (Fsp3) is 0.0769. The summed E-state index contributed by atoms with van der Waals surface area (Å²) in [6, 6.07) is 7.87. The highest BCUT2D eigenvalue weighted by Gasteiger charge is 2.13. The summed E-state index contributed by atoms with van der Waals surface area (Å²) in [5, 5.41) is 0. The molecule has 0 radical (unpaired) electrons. The van der Waals surface area contributed by atoms with Gasteiger partial charge in [0.25, 0.3) is 5.91 Å². The van der Waals surface area contributed by atoms with Gasteiger partial charge < -0.3 is 9.15 Å². The first-order valence-corrected chi connectivity index (χ1v) is 7.29. The number of rotatable bonds is 3. The molecule has 1 aromatic carbocycles. The van der Waals surface area contributed by atoms with Gasteiger partial charge in [-0.05, 0) is 62.2 Å². The number of hydrazine groups is 1. The van der Waals surface area contributed by atoms with Crippen LogP contribution in [-0.4, -0.2) is 18.9 Å². The minimum Gasteiger partial charge on any atom is -0.496 e. The molecule has 0 aliphatic rings. The smallest absolute Gasteiger partial charge is 0.305 e. The van der Waals surface area contributed by atoms with Crippen molar-refractivity contribution in [3.63, 3.8) is 0 Å². The molecular formula is C13H10Br2N2O4. The van der Waals surface area contributed by atoms with E-state index >= 15 is 0 Å². The summed E-state index contributed by atoms with van der Waals surface area (Å²) in [5.41, 5.74) is 4.92. The van der Waals surface area contributed by atoms with Gasteiger partial charge in [-0.15, -0.1) is 0 Å². The third-order valence-corrected chi connectivity index (χ3v) is 3.55. The van der Waals surface area contributed by atoms with Crippen molar-refractivity contribution in [1.29, 1.82) is 0 Å². The van der Waals surface area contributed by atoms with E-state index in [1.54, 1.807) is 24.3 Å². The third-order valence-electron chi connectivity index (χ3n) is 2.50. The molecule has 21 heavy (non-hydrogen) atoms. The molecular weight excluding hydrogens is 408 g/mol. The molecule has 0 bridgehead atoms. The molecule has 6 nitrogen and oxygen atoms in total. The van der Waals surface area contributed by atoms with Crippen LogP contribution < -0.4 is 15.6 Å². The zero-order valence-corrected chi connectivity index (χ0v) is 13.9. The molecule has 0 atom stereocenters. The lowest BCUT2D eigenvalue weighted by molar-refractivity contribution is 0.0830. The van der Waals surface area contributed by atoms with E-state index < -0.39 is 11.8 Å². The molecule has 0 fully saturated rings. The van der Waals surface area contributed by atoms with Gasteiger partial charge in [0.15, 0.2) is 10.4 Å². The van der Waals surface area contributed by atoms with Crippen LogP contribution in [0.5, 0.6) is 5.75 Å². The van der Waals surface area contributed by atoms with Gasteiger partial charge in [0, 0.05) is 5.56 Å². The number of ether oxygens (including phenoxy) is 1. The van der Waals surface area contributed by atoms with Crippen molar-refractivity contribution in [2.75, 3.05) is 7.11 Å². The molecule has 1 heterocycles. The van der Waals surface area contributed by atoms with E-state index in [2.05, 4.69) is 42.7 Å². The van der Waals surface area contributed by atoms with Gasteiger partial charge in [-0.2, -0.15) is 0 Å². The Morgan fingerprint density at radius 1 is 1.10 bits per heavy atom. The van der Waals surface area contributed by atoms with Gasteiger partial charge in [0.1, 0.15) is 5.75 Å². The molecule has 2 aromatic rings. The van der Waals surface area contributed by atoms with E-state index in [1.807, 2.05) is 0 Å². The molecule has 0 saturated heterocycles. The number of hydrogen-bond acceptors (Lipinski definition) is 4. The van der Waals surface area contributed by atoms with E-state index in [1.165, 1.54) is 13.2 Å². The molecule has 110 valence electrons. The number of benzene rings is 1. The molecule has 0 saturated carbocycles. The van der Waals surface area contributed by atoms with E-state index in [9.17, 15) is 9.59 Å². The SMILES string of the molecule is COc1ccc(C(=O)NNC(=O)c2ccc(Br)o2)cc1Br. The molecule has 0 aliphatic carbocycles. The van der Waals surface area contributed by atoms with Crippen LogP contribution in [0.1, 0.15) is 20.9 Å².